The first-order valence-electron chi connectivity index (χ1n) is 5.37. The van der Waals surface area contributed by atoms with Crippen LogP contribution >= 0.6 is 22.9 Å². The molecule has 16 heavy (non-hydrogen) atoms. The van der Waals surface area contributed by atoms with Gasteiger partial charge in [0.15, 0.2) is 0 Å². The van der Waals surface area contributed by atoms with E-state index in [9.17, 15) is 0 Å². The topological polar surface area (TPSA) is 0 Å². The number of allylic oxidation sites excluding steroid dienone is 1. The van der Waals surface area contributed by atoms with Crippen molar-refractivity contribution < 1.29 is 0 Å². The maximum absolute atomic E-state index is 5.91. The minimum Gasteiger partial charge on any atom is -0.148 e. The Bertz CT molecular complexity index is 534. The molecule has 1 aromatic heterocycles. The lowest BCUT2D eigenvalue weighted by molar-refractivity contribution is 1.01. The number of hydrogen-bond donors (Lipinski definition) is 0. The number of hydrogen-bond acceptors (Lipinski definition) is 1. The summed E-state index contributed by atoms with van der Waals surface area (Å²) in [6.07, 6.45) is 4.66. The highest BCUT2D eigenvalue weighted by atomic mass is 35.5. The van der Waals surface area contributed by atoms with Gasteiger partial charge in [0, 0.05) is 9.90 Å². The Morgan fingerprint density at radius 1 is 1.06 bits per heavy atom. The van der Waals surface area contributed by atoms with Crippen molar-refractivity contribution in [3.8, 4) is 0 Å². The fourth-order valence-electron chi connectivity index (χ4n) is 2.13. The number of benzene rings is 1. The Morgan fingerprint density at radius 3 is 2.69 bits per heavy atom. The molecule has 1 heterocycles. The van der Waals surface area contributed by atoms with E-state index in [4.69, 9.17) is 11.6 Å². The van der Waals surface area contributed by atoms with Gasteiger partial charge >= 0.3 is 0 Å². The molecular formula is C14H11ClS. The molecule has 80 valence electrons. The first kappa shape index (κ1) is 10.1. The van der Waals surface area contributed by atoms with Crippen LogP contribution in [0, 0.1) is 0 Å². The third kappa shape index (κ3) is 1.70. The molecule has 1 aromatic carbocycles. The number of rotatable bonds is 1. The van der Waals surface area contributed by atoms with Crippen molar-refractivity contribution in [1.82, 2.24) is 0 Å². The van der Waals surface area contributed by atoms with Gasteiger partial charge in [-0.1, -0.05) is 29.8 Å². The zero-order chi connectivity index (χ0) is 11.0. The number of halogens is 1. The lowest BCUT2D eigenvalue weighted by Gasteiger charge is -2.14. The number of fused-ring (bicyclic) bond motifs is 1. The van der Waals surface area contributed by atoms with Crippen LogP contribution < -0.4 is 0 Å². The van der Waals surface area contributed by atoms with Crippen LogP contribution in [0.4, 0.5) is 0 Å². The van der Waals surface area contributed by atoms with Crippen molar-refractivity contribution in [2.75, 3.05) is 0 Å². The molecule has 0 radical (unpaired) electrons. The molecule has 0 N–H and O–H groups in total. The fourth-order valence-corrected chi connectivity index (χ4v) is 3.17. The molecule has 0 atom stereocenters. The van der Waals surface area contributed by atoms with Crippen LogP contribution in [-0.4, -0.2) is 0 Å². The average molecular weight is 247 g/mol. The first-order valence-corrected chi connectivity index (χ1v) is 6.63. The summed E-state index contributed by atoms with van der Waals surface area (Å²) in [7, 11) is 0. The molecule has 0 amide bonds. The summed E-state index contributed by atoms with van der Waals surface area (Å²) < 4.78 is 0. The molecule has 2 aromatic rings. The van der Waals surface area contributed by atoms with Crippen LogP contribution in [0.1, 0.15) is 22.4 Å². The minimum absolute atomic E-state index is 0.797. The maximum Gasteiger partial charge on any atom is 0.0406 e. The van der Waals surface area contributed by atoms with Crippen molar-refractivity contribution in [1.29, 1.82) is 0 Å². The zero-order valence-electron chi connectivity index (χ0n) is 8.74. The molecule has 0 saturated carbocycles. The maximum atomic E-state index is 5.91. The Kier molecular flexibility index (Phi) is 2.58. The summed E-state index contributed by atoms with van der Waals surface area (Å²) in [6.45, 7) is 0. The van der Waals surface area contributed by atoms with E-state index in [0.29, 0.717) is 0 Å². The fraction of sp³-hybridized carbons (Fsp3) is 0.143. The first-order chi connectivity index (χ1) is 7.84. The molecule has 3 rings (SSSR count). The molecule has 0 unspecified atom stereocenters. The third-order valence-corrected chi connectivity index (χ3v) is 4.14. The van der Waals surface area contributed by atoms with Gasteiger partial charge in [0.25, 0.3) is 0 Å². The molecule has 0 saturated heterocycles. The lowest BCUT2D eigenvalue weighted by Crippen LogP contribution is -1.96. The van der Waals surface area contributed by atoms with Gasteiger partial charge in [-0.05, 0) is 53.1 Å². The zero-order valence-corrected chi connectivity index (χ0v) is 10.3. The van der Waals surface area contributed by atoms with E-state index in [1.54, 1.807) is 0 Å². The molecular weight excluding hydrogens is 236 g/mol. The van der Waals surface area contributed by atoms with E-state index >= 15 is 0 Å². The Morgan fingerprint density at radius 2 is 1.88 bits per heavy atom. The number of thiophene rings is 1. The molecule has 0 fully saturated rings. The van der Waals surface area contributed by atoms with E-state index in [2.05, 4.69) is 29.7 Å². The van der Waals surface area contributed by atoms with Crippen molar-refractivity contribution in [3.05, 3.63) is 62.8 Å². The predicted molar refractivity (Wildman–Crippen MR) is 71.2 cm³/mol. The monoisotopic (exact) mass is 246 g/mol. The Hall–Kier alpha value is -1.05. The van der Waals surface area contributed by atoms with Crippen molar-refractivity contribution in [2.45, 2.75) is 12.8 Å². The smallest absolute Gasteiger partial charge is 0.0406 e. The molecule has 1 aliphatic rings. The highest BCUT2D eigenvalue weighted by molar-refractivity contribution is 7.10. The lowest BCUT2D eigenvalue weighted by atomic mass is 9.92. The van der Waals surface area contributed by atoms with Gasteiger partial charge in [0.05, 0.1) is 0 Å². The Balaban J connectivity index is 2.08. The van der Waals surface area contributed by atoms with Crippen LogP contribution in [0.5, 0.6) is 0 Å². The summed E-state index contributed by atoms with van der Waals surface area (Å²) in [6, 6.07) is 10.3. The quantitative estimate of drug-likeness (QED) is 0.679. The highest BCUT2D eigenvalue weighted by Gasteiger charge is 2.14. The van der Waals surface area contributed by atoms with E-state index in [1.807, 2.05) is 23.5 Å². The normalized spacial score (nSPS) is 14.4. The van der Waals surface area contributed by atoms with Crippen LogP contribution in [0.25, 0.3) is 5.57 Å². The summed E-state index contributed by atoms with van der Waals surface area (Å²) in [5, 5.41) is 2.98. The van der Waals surface area contributed by atoms with Gasteiger partial charge in [0.1, 0.15) is 0 Å². The van der Waals surface area contributed by atoms with E-state index < -0.39 is 0 Å². The second-order valence-electron chi connectivity index (χ2n) is 3.92. The summed E-state index contributed by atoms with van der Waals surface area (Å²) in [5.74, 6) is 0. The third-order valence-electron chi connectivity index (χ3n) is 2.91. The average Bonchev–Trinajstić information content (AvgIpc) is 2.78. The van der Waals surface area contributed by atoms with Gasteiger partial charge in [-0.2, -0.15) is 0 Å². The van der Waals surface area contributed by atoms with Gasteiger partial charge in [-0.25, -0.2) is 0 Å². The number of aryl methyl sites for hydroxylation is 1. The highest BCUT2D eigenvalue weighted by Crippen LogP contribution is 2.34. The van der Waals surface area contributed by atoms with E-state index in [1.165, 1.54) is 28.0 Å². The predicted octanol–water partition coefficient (Wildman–Crippen LogP) is 4.78. The SMILES string of the molecule is Clc1ccc(C2=CCCc3sccc32)cc1. The second kappa shape index (κ2) is 4.08. The van der Waals surface area contributed by atoms with Crippen LogP contribution in [0.2, 0.25) is 5.02 Å². The van der Waals surface area contributed by atoms with Crippen molar-refractivity contribution in [2.24, 2.45) is 0 Å². The van der Waals surface area contributed by atoms with Gasteiger partial charge in [0.2, 0.25) is 0 Å². The molecule has 2 heteroatoms. The molecule has 0 bridgehead atoms. The standard InChI is InChI=1S/C14H11ClS/c15-11-6-4-10(5-7-11)12-2-1-3-14-13(12)8-9-16-14/h2,4-9H,1,3H2. The summed E-state index contributed by atoms with van der Waals surface area (Å²) in [4.78, 5) is 1.51. The summed E-state index contributed by atoms with van der Waals surface area (Å²) in [5.41, 5.74) is 4.03. The van der Waals surface area contributed by atoms with Crippen LogP contribution in [0.3, 0.4) is 0 Å². The van der Waals surface area contributed by atoms with E-state index in [-0.39, 0.29) is 0 Å². The largest absolute Gasteiger partial charge is 0.148 e. The second-order valence-corrected chi connectivity index (χ2v) is 5.36. The Labute approximate surface area is 104 Å². The van der Waals surface area contributed by atoms with Gasteiger partial charge < -0.3 is 0 Å². The van der Waals surface area contributed by atoms with E-state index in [0.717, 1.165) is 11.4 Å². The van der Waals surface area contributed by atoms with Gasteiger partial charge in [-0.15, -0.1) is 11.3 Å². The van der Waals surface area contributed by atoms with Crippen LogP contribution in [-0.2, 0) is 6.42 Å². The molecule has 1 aliphatic carbocycles. The van der Waals surface area contributed by atoms with Crippen molar-refractivity contribution >= 4 is 28.5 Å². The minimum atomic E-state index is 0.797. The van der Waals surface area contributed by atoms with Crippen LogP contribution in [0.15, 0.2) is 41.8 Å². The molecule has 0 nitrogen and oxygen atoms in total. The summed E-state index contributed by atoms with van der Waals surface area (Å²) >= 11 is 7.77. The van der Waals surface area contributed by atoms with Gasteiger partial charge in [-0.3, -0.25) is 0 Å². The van der Waals surface area contributed by atoms with Crippen molar-refractivity contribution in [3.63, 3.8) is 0 Å². The molecule has 0 spiro atoms. The molecule has 0 aliphatic heterocycles.